The van der Waals surface area contributed by atoms with Crippen molar-refractivity contribution in [2.45, 2.75) is 77.5 Å². The van der Waals surface area contributed by atoms with Crippen LogP contribution in [0.3, 0.4) is 0 Å². The van der Waals surface area contributed by atoms with Gasteiger partial charge in [0.1, 0.15) is 18.1 Å². The normalized spacial score (nSPS) is 14.8. The Morgan fingerprint density at radius 2 is 1.27 bits per heavy atom. The minimum atomic E-state index is -1.51. The lowest BCUT2D eigenvalue weighted by molar-refractivity contribution is -0.143. The van der Waals surface area contributed by atoms with Crippen LogP contribution in [0.2, 0.25) is 0 Å². The average molecular weight is 491 g/mol. The summed E-state index contributed by atoms with van der Waals surface area (Å²) in [5, 5.41) is 25.7. The highest BCUT2D eigenvalue weighted by atomic mass is 32.2. The first kappa shape index (κ1) is 30.7. The van der Waals surface area contributed by atoms with Gasteiger partial charge in [-0.1, -0.05) is 27.7 Å². The van der Waals surface area contributed by atoms with Gasteiger partial charge in [-0.05, 0) is 43.1 Å². The Kier molecular flexibility index (Phi) is 14.4. The van der Waals surface area contributed by atoms with E-state index < -0.39 is 60.2 Å². The Labute approximate surface area is 199 Å². The zero-order valence-electron chi connectivity index (χ0n) is 19.9. The highest BCUT2D eigenvalue weighted by Crippen LogP contribution is 2.09. The van der Waals surface area contributed by atoms with Gasteiger partial charge in [0.15, 0.2) is 0 Å². The van der Waals surface area contributed by atoms with E-state index in [4.69, 9.17) is 5.73 Å². The fourth-order valence-electron chi connectivity index (χ4n) is 3.02. The van der Waals surface area contributed by atoms with E-state index in [1.54, 1.807) is 6.26 Å². The van der Waals surface area contributed by atoms with Gasteiger partial charge in [0.2, 0.25) is 17.7 Å². The molecule has 0 aromatic carbocycles. The van der Waals surface area contributed by atoms with Crippen molar-refractivity contribution in [2.75, 3.05) is 12.0 Å². The largest absolute Gasteiger partial charge is 0.481 e. The van der Waals surface area contributed by atoms with E-state index in [0.717, 1.165) is 0 Å². The molecule has 0 rings (SSSR count). The molecule has 0 saturated heterocycles. The zero-order valence-corrected chi connectivity index (χ0v) is 20.7. The van der Waals surface area contributed by atoms with Crippen LogP contribution in [0.1, 0.15) is 53.4 Å². The number of carbonyl (C=O) groups is 5. The second-order valence-electron chi connectivity index (χ2n) is 8.77. The van der Waals surface area contributed by atoms with Crippen LogP contribution >= 0.6 is 11.8 Å². The number of thioether (sulfide) groups is 1. The van der Waals surface area contributed by atoms with Crippen LogP contribution in [0.5, 0.6) is 0 Å². The highest BCUT2D eigenvalue weighted by molar-refractivity contribution is 7.98. The van der Waals surface area contributed by atoms with E-state index in [0.29, 0.717) is 12.2 Å². The number of hydrogen-bond donors (Lipinski definition) is 6. The van der Waals surface area contributed by atoms with Crippen LogP contribution in [0, 0.1) is 11.8 Å². The minimum absolute atomic E-state index is 0.00272. The van der Waals surface area contributed by atoms with Crippen LogP contribution in [0.25, 0.3) is 0 Å². The number of hydrogen-bond acceptors (Lipinski definition) is 7. The van der Waals surface area contributed by atoms with Gasteiger partial charge in [-0.15, -0.1) is 0 Å². The predicted octanol–water partition coefficient (Wildman–Crippen LogP) is 0.173. The molecular formula is C21H38N4O7S. The van der Waals surface area contributed by atoms with Gasteiger partial charge in [0.25, 0.3) is 0 Å². The van der Waals surface area contributed by atoms with Crippen LogP contribution in [0.4, 0.5) is 0 Å². The summed E-state index contributed by atoms with van der Waals surface area (Å²) >= 11 is 1.40. The molecule has 0 aliphatic carbocycles. The number of nitrogens with one attached hydrogen (secondary N) is 3. The number of carbonyl (C=O) groups excluding carboxylic acids is 3. The maximum Gasteiger partial charge on any atom is 0.326 e. The van der Waals surface area contributed by atoms with E-state index in [1.165, 1.54) is 11.8 Å². The summed E-state index contributed by atoms with van der Waals surface area (Å²) in [7, 11) is 0. The number of carboxylic acids is 2. The molecule has 0 radical (unpaired) electrons. The average Bonchev–Trinajstić information content (AvgIpc) is 2.68. The van der Waals surface area contributed by atoms with Crippen molar-refractivity contribution >= 4 is 41.4 Å². The van der Waals surface area contributed by atoms with Crippen molar-refractivity contribution < 1.29 is 34.2 Å². The number of carboxylic acid groups (broad SMARTS) is 2. The third-order valence-corrected chi connectivity index (χ3v) is 5.28. The molecule has 0 aliphatic heterocycles. The molecule has 190 valence electrons. The molecule has 0 bridgehead atoms. The first-order valence-electron chi connectivity index (χ1n) is 10.9. The maximum absolute atomic E-state index is 12.9. The summed E-state index contributed by atoms with van der Waals surface area (Å²) in [5.74, 6) is -4.18. The molecule has 0 saturated carbocycles. The van der Waals surface area contributed by atoms with Gasteiger partial charge in [-0.3, -0.25) is 19.2 Å². The Balaban J connectivity index is 5.48. The summed E-state index contributed by atoms with van der Waals surface area (Å²) in [6.07, 6.45) is 1.82. The highest BCUT2D eigenvalue weighted by Gasteiger charge is 2.31. The molecule has 0 spiro atoms. The van der Waals surface area contributed by atoms with Gasteiger partial charge in [0.05, 0.1) is 12.5 Å². The first-order chi connectivity index (χ1) is 15.3. The van der Waals surface area contributed by atoms with Crippen LogP contribution in [-0.4, -0.2) is 76.0 Å². The molecule has 0 aromatic heterocycles. The summed E-state index contributed by atoms with van der Waals surface area (Å²) in [6.45, 7) is 7.49. The van der Waals surface area contributed by atoms with Gasteiger partial charge >= 0.3 is 11.9 Å². The minimum Gasteiger partial charge on any atom is -0.481 e. The molecule has 4 unspecified atom stereocenters. The molecule has 0 aromatic rings. The maximum atomic E-state index is 12.9. The Bertz CT molecular complexity index is 688. The molecule has 33 heavy (non-hydrogen) atoms. The molecule has 11 nitrogen and oxygen atoms in total. The van der Waals surface area contributed by atoms with Crippen molar-refractivity contribution in [1.82, 2.24) is 16.0 Å². The van der Waals surface area contributed by atoms with Crippen LogP contribution in [-0.2, 0) is 24.0 Å². The quantitative estimate of drug-likeness (QED) is 0.175. The molecule has 7 N–H and O–H groups in total. The van der Waals surface area contributed by atoms with Crippen molar-refractivity contribution in [3.63, 3.8) is 0 Å². The van der Waals surface area contributed by atoms with Crippen molar-refractivity contribution in [3.05, 3.63) is 0 Å². The molecule has 12 heteroatoms. The van der Waals surface area contributed by atoms with Gasteiger partial charge in [0, 0.05) is 0 Å². The van der Waals surface area contributed by atoms with Gasteiger partial charge < -0.3 is 31.9 Å². The van der Waals surface area contributed by atoms with Crippen LogP contribution in [0.15, 0.2) is 0 Å². The lowest BCUT2D eigenvalue weighted by Gasteiger charge is -2.25. The van der Waals surface area contributed by atoms with Crippen LogP contribution < -0.4 is 21.7 Å². The number of rotatable bonds is 16. The molecule has 0 heterocycles. The summed E-state index contributed by atoms with van der Waals surface area (Å²) in [6, 6.07) is -4.59. The second-order valence-corrected chi connectivity index (χ2v) is 9.75. The summed E-state index contributed by atoms with van der Waals surface area (Å²) in [5.41, 5.74) is 5.89. The Morgan fingerprint density at radius 3 is 1.73 bits per heavy atom. The smallest absolute Gasteiger partial charge is 0.326 e. The van der Waals surface area contributed by atoms with Crippen molar-refractivity contribution in [1.29, 1.82) is 0 Å². The van der Waals surface area contributed by atoms with Gasteiger partial charge in [-0.2, -0.15) is 11.8 Å². The number of amides is 3. The van der Waals surface area contributed by atoms with E-state index >= 15 is 0 Å². The van der Waals surface area contributed by atoms with Crippen molar-refractivity contribution in [2.24, 2.45) is 17.6 Å². The van der Waals surface area contributed by atoms with E-state index in [-0.39, 0.29) is 24.7 Å². The second kappa shape index (κ2) is 15.5. The van der Waals surface area contributed by atoms with Crippen molar-refractivity contribution in [3.8, 4) is 0 Å². The van der Waals surface area contributed by atoms with E-state index in [2.05, 4.69) is 16.0 Å². The topological polar surface area (TPSA) is 188 Å². The molecular weight excluding hydrogens is 452 g/mol. The lowest BCUT2D eigenvalue weighted by atomic mass is 10.00. The fraction of sp³-hybridized carbons (Fsp3) is 0.762. The molecule has 4 atom stereocenters. The lowest BCUT2D eigenvalue weighted by Crippen LogP contribution is -2.57. The zero-order chi connectivity index (χ0) is 25.7. The third-order valence-electron chi connectivity index (χ3n) is 4.64. The van der Waals surface area contributed by atoms with E-state index in [1.807, 2.05) is 27.7 Å². The Morgan fingerprint density at radius 1 is 0.788 bits per heavy atom. The standard InChI is InChI=1S/C21H38N4O7S/c1-11(2)8-13(22)18(28)24-15(9-12(3)4)19(29)25-16(10-17(26)27)20(30)23-14(21(31)32)6-7-33-5/h11-16H,6-10,22H2,1-5H3,(H,23,30)(H,24,28)(H,25,29)(H,26,27)(H,31,32). The SMILES string of the molecule is CSCCC(NC(=O)C(CC(=O)O)NC(=O)C(CC(C)C)NC(=O)C(N)CC(C)C)C(=O)O. The monoisotopic (exact) mass is 490 g/mol. The first-order valence-corrected chi connectivity index (χ1v) is 12.3. The number of aliphatic carboxylic acids is 2. The number of nitrogens with two attached hydrogens (primary N) is 1. The third kappa shape index (κ3) is 13.1. The van der Waals surface area contributed by atoms with E-state index in [9.17, 15) is 34.2 Å². The predicted molar refractivity (Wildman–Crippen MR) is 126 cm³/mol. The molecule has 0 fully saturated rings. The molecule has 3 amide bonds. The molecule has 0 aliphatic rings. The summed E-state index contributed by atoms with van der Waals surface area (Å²) < 4.78 is 0. The summed E-state index contributed by atoms with van der Waals surface area (Å²) in [4.78, 5) is 60.6. The fourth-order valence-corrected chi connectivity index (χ4v) is 3.49. The Hall–Kier alpha value is -2.34. The van der Waals surface area contributed by atoms with Gasteiger partial charge in [-0.25, -0.2) is 4.79 Å².